The summed E-state index contributed by atoms with van der Waals surface area (Å²) in [4.78, 5) is 39.4. The second-order valence-corrected chi connectivity index (χ2v) is 6.98. The van der Waals surface area contributed by atoms with E-state index in [4.69, 9.17) is 0 Å². The van der Waals surface area contributed by atoms with Crippen molar-refractivity contribution in [3.63, 3.8) is 0 Å². The third-order valence-electron chi connectivity index (χ3n) is 5.30. The van der Waals surface area contributed by atoms with Gasteiger partial charge in [-0.15, -0.1) is 0 Å². The number of urea groups is 1. The molecule has 8 heteroatoms. The highest BCUT2D eigenvalue weighted by Gasteiger charge is 2.56. The van der Waals surface area contributed by atoms with Crippen LogP contribution in [0.25, 0.3) is 0 Å². The summed E-state index contributed by atoms with van der Waals surface area (Å²) in [6, 6.07) is 1.28. The van der Waals surface area contributed by atoms with E-state index in [-0.39, 0.29) is 30.1 Å². The average Bonchev–Trinajstić information content (AvgIpc) is 3.28. The van der Waals surface area contributed by atoms with Gasteiger partial charge in [0.15, 0.2) is 0 Å². The number of hydrogen-bond donors (Lipinski definition) is 1. The van der Waals surface area contributed by atoms with Gasteiger partial charge in [0.05, 0.1) is 5.69 Å². The second-order valence-electron chi connectivity index (χ2n) is 6.98. The molecule has 2 fully saturated rings. The van der Waals surface area contributed by atoms with Crippen molar-refractivity contribution in [3.8, 4) is 0 Å². The molecular formula is C17H17F2N3O3. The Labute approximate surface area is 142 Å². The molecule has 1 saturated carbocycles. The molecule has 2 heterocycles. The van der Waals surface area contributed by atoms with Gasteiger partial charge < -0.3 is 10.2 Å². The summed E-state index contributed by atoms with van der Waals surface area (Å²) in [5, 5.41) is 2.67. The third-order valence-corrected chi connectivity index (χ3v) is 5.30. The summed E-state index contributed by atoms with van der Waals surface area (Å²) < 4.78 is 27.3. The van der Waals surface area contributed by atoms with Crippen LogP contribution in [-0.4, -0.2) is 41.4 Å². The van der Waals surface area contributed by atoms with E-state index in [0.29, 0.717) is 0 Å². The lowest BCUT2D eigenvalue weighted by Crippen LogP contribution is -2.47. The number of nitrogens with one attached hydrogen (secondary N) is 1. The SMILES string of the molecule is CC1(C2CC2)NC(=O)N(CC(=O)N2CCc3c(F)cc(F)cc32)C1=O. The van der Waals surface area contributed by atoms with Crippen LogP contribution in [0.2, 0.25) is 0 Å². The van der Waals surface area contributed by atoms with Gasteiger partial charge in [-0.05, 0) is 38.2 Å². The van der Waals surface area contributed by atoms with Crippen molar-refractivity contribution < 1.29 is 23.2 Å². The van der Waals surface area contributed by atoms with Crippen LogP contribution in [0.5, 0.6) is 0 Å². The molecule has 132 valence electrons. The van der Waals surface area contributed by atoms with E-state index in [2.05, 4.69) is 5.32 Å². The molecular weight excluding hydrogens is 332 g/mol. The number of imide groups is 1. The molecule has 1 aromatic carbocycles. The number of carbonyl (C=O) groups excluding carboxylic acids is 3. The van der Waals surface area contributed by atoms with Crippen molar-refractivity contribution in [1.29, 1.82) is 0 Å². The van der Waals surface area contributed by atoms with Gasteiger partial charge in [0.2, 0.25) is 5.91 Å². The smallest absolute Gasteiger partial charge is 0.323 e. The van der Waals surface area contributed by atoms with Crippen LogP contribution in [0, 0.1) is 17.6 Å². The Morgan fingerprint density at radius 2 is 2.04 bits per heavy atom. The van der Waals surface area contributed by atoms with E-state index in [1.165, 1.54) is 4.90 Å². The van der Waals surface area contributed by atoms with Crippen molar-refractivity contribution in [1.82, 2.24) is 10.2 Å². The molecule has 1 aliphatic carbocycles. The molecule has 0 aromatic heterocycles. The van der Waals surface area contributed by atoms with E-state index in [1.54, 1.807) is 6.92 Å². The maximum Gasteiger partial charge on any atom is 0.325 e. The predicted octanol–water partition coefficient (Wildman–Crippen LogP) is 1.57. The lowest BCUT2D eigenvalue weighted by molar-refractivity contribution is -0.134. The predicted molar refractivity (Wildman–Crippen MR) is 83.8 cm³/mol. The fourth-order valence-electron chi connectivity index (χ4n) is 3.70. The van der Waals surface area contributed by atoms with Gasteiger partial charge in [-0.3, -0.25) is 14.5 Å². The number of nitrogens with zero attached hydrogens (tertiary/aromatic N) is 2. The van der Waals surface area contributed by atoms with Crippen LogP contribution in [0.4, 0.5) is 19.3 Å². The van der Waals surface area contributed by atoms with Crippen LogP contribution in [0.15, 0.2) is 12.1 Å². The monoisotopic (exact) mass is 349 g/mol. The first-order valence-corrected chi connectivity index (χ1v) is 8.23. The van der Waals surface area contributed by atoms with Crippen LogP contribution in [0.1, 0.15) is 25.3 Å². The molecule has 25 heavy (non-hydrogen) atoms. The van der Waals surface area contributed by atoms with Crippen LogP contribution >= 0.6 is 0 Å². The van der Waals surface area contributed by atoms with Gasteiger partial charge in [0.1, 0.15) is 23.7 Å². The highest BCUT2D eigenvalue weighted by atomic mass is 19.1. The van der Waals surface area contributed by atoms with Gasteiger partial charge in [-0.2, -0.15) is 0 Å². The zero-order valence-corrected chi connectivity index (χ0v) is 13.6. The molecule has 1 unspecified atom stereocenters. The Kier molecular flexibility index (Phi) is 3.35. The molecule has 4 amide bonds. The highest BCUT2D eigenvalue weighted by molar-refractivity contribution is 6.10. The molecule has 6 nitrogen and oxygen atoms in total. The maximum atomic E-state index is 13.8. The van der Waals surface area contributed by atoms with E-state index < -0.39 is 41.6 Å². The van der Waals surface area contributed by atoms with Crippen molar-refractivity contribution >= 4 is 23.5 Å². The lowest BCUT2D eigenvalue weighted by Gasteiger charge is -2.22. The van der Waals surface area contributed by atoms with Crippen molar-refractivity contribution in [2.45, 2.75) is 31.7 Å². The zero-order chi connectivity index (χ0) is 17.9. The highest BCUT2D eigenvalue weighted by Crippen LogP contribution is 2.42. The summed E-state index contributed by atoms with van der Waals surface area (Å²) in [6.07, 6.45) is 2.00. The minimum absolute atomic E-state index is 0.0970. The number of benzene rings is 1. The van der Waals surface area contributed by atoms with Crippen LogP contribution in [-0.2, 0) is 16.0 Å². The van der Waals surface area contributed by atoms with E-state index in [1.807, 2.05) is 0 Å². The fraction of sp³-hybridized carbons (Fsp3) is 0.471. The van der Waals surface area contributed by atoms with Gasteiger partial charge in [-0.25, -0.2) is 13.6 Å². The fourth-order valence-corrected chi connectivity index (χ4v) is 3.70. The Hall–Kier alpha value is -2.51. The number of amides is 4. The zero-order valence-electron chi connectivity index (χ0n) is 13.6. The number of carbonyl (C=O) groups is 3. The molecule has 1 N–H and O–H groups in total. The molecule has 0 spiro atoms. The summed E-state index contributed by atoms with van der Waals surface area (Å²) in [7, 11) is 0. The van der Waals surface area contributed by atoms with E-state index in [9.17, 15) is 23.2 Å². The topological polar surface area (TPSA) is 69.7 Å². The Morgan fingerprint density at radius 3 is 2.72 bits per heavy atom. The van der Waals surface area contributed by atoms with Crippen molar-refractivity contribution in [2.75, 3.05) is 18.0 Å². The first-order valence-electron chi connectivity index (χ1n) is 8.23. The lowest BCUT2D eigenvalue weighted by atomic mass is 9.96. The largest absolute Gasteiger partial charge is 0.325 e. The standard InChI is InChI=1S/C17H17F2N3O3/c1-17(9-2-3-9)15(24)22(16(25)20-17)8-14(23)21-5-4-11-12(19)6-10(18)7-13(11)21/h6-7,9H,2-5,8H2,1H3,(H,20,25). The maximum absolute atomic E-state index is 13.8. The Balaban J connectivity index is 1.54. The quantitative estimate of drug-likeness (QED) is 0.843. The molecule has 3 aliphatic rings. The van der Waals surface area contributed by atoms with Gasteiger partial charge in [0.25, 0.3) is 5.91 Å². The Morgan fingerprint density at radius 1 is 1.32 bits per heavy atom. The molecule has 0 bridgehead atoms. The number of anilines is 1. The first kappa shape index (κ1) is 16.0. The summed E-state index contributed by atoms with van der Waals surface area (Å²) in [5.41, 5.74) is -0.521. The van der Waals surface area contributed by atoms with Crippen LogP contribution < -0.4 is 10.2 Å². The summed E-state index contributed by atoms with van der Waals surface area (Å²) in [5.74, 6) is -2.32. The normalized spacial score (nSPS) is 25.4. The number of halogens is 2. The second kappa shape index (κ2) is 5.24. The van der Waals surface area contributed by atoms with Gasteiger partial charge in [-0.1, -0.05) is 0 Å². The van der Waals surface area contributed by atoms with E-state index in [0.717, 1.165) is 29.9 Å². The molecule has 0 radical (unpaired) electrons. The molecule has 4 rings (SSSR count). The minimum Gasteiger partial charge on any atom is -0.323 e. The molecule has 1 atom stereocenters. The summed E-state index contributed by atoms with van der Waals surface area (Å²) >= 11 is 0. The molecule has 2 aliphatic heterocycles. The first-order chi connectivity index (χ1) is 11.8. The summed E-state index contributed by atoms with van der Waals surface area (Å²) in [6.45, 7) is 1.42. The van der Waals surface area contributed by atoms with Crippen LogP contribution in [0.3, 0.4) is 0 Å². The Bertz CT molecular complexity index is 809. The minimum atomic E-state index is -0.960. The van der Waals surface area contributed by atoms with Gasteiger partial charge in [0, 0.05) is 18.2 Å². The van der Waals surface area contributed by atoms with Crippen molar-refractivity contribution in [3.05, 3.63) is 29.3 Å². The van der Waals surface area contributed by atoms with Gasteiger partial charge >= 0.3 is 6.03 Å². The number of fused-ring (bicyclic) bond motifs is 1. The number of rotatable bonds is 3. The molecule has 1 aromatic rings. The third kappa shape index (κ3) is 2.39. The van der Waals surface area contributed by atoms with Crippen molar-refractivity contribution in [2.24, 2.45) is 5.92 Å². The average molecular weight is 349 g/mol. The molecule has 1 saturated heterocycles. The van der Waals surface area contributed by atoms with E-state index >= 15 is 0 Å². The number of hydrogen-bond acceptors (Lipinski definition) is 3.